The van der Waals surface area contributed by atoms with Gasteiger partial charge in [-0.2, -0.15) is 0 Å². The molecule has 2 aliphatic rings. The van der Waals surface area contributed by atoms with Gasteiger partial charge < -0.3 is 9.84 Å². The molecule has 1 aliphatic carbocycles. The molecule has 3 nitrogen and oxygen atoms in total. The van der Waals surface area contributed by atoms with Gasteiger partial charge in [0.1, 0.15) is 11.9 Å². The molecular weight excluding hydrogens is 264 g/mol. The van der Waals surface area contributed by atoms with Gasteiger partial charge in [0.25, 0.3) is 0 Å². The number of ether oxygens (including phenoxy) is 1. The van der Waals surface area contributed by atoms with Crippen molar-refractivity contribution in [2.45, 2.75) is 20.0 Å². The van der Waals surface area contributed by atoms with Crippen LogP contribution in [0.2, 0.25) is 0 Å². The van der Waals surface area contributed by atoms with Crippen molar-refractivity contribution in [3.8, 4) is 0 Å². The third kappa shape index (κ3) is 1.55. The molecule has 3 heteroatoms. The van der Waals surface area contributed by atoms with Gasteiger partial charge in [-0.15, -0.1) is 0 Å². The summed E-state index contributed by atoms with van der Waals surface area (Å²) in [6.45, 7) is 4.46. The molecule has 2 atom stereocenters. The van der Waals surface area contributed by atoms with Crippen LogP contribution in [0, 0.1) is 12.8 Å². The number of Topliss-reactive ketones (excluding diaryl/α,β-unsaturated/α-hetero) is 1. The number of carbonyl (C=O) groups excluding carboxylic acids is 1. The maximum absolute atomic E-state index is 12.7. The van der Waals surface area contributed by atoms with Gasteiger partial charge in [0.05, 0.1) is 6.61 Å². The van der Waals surface area contributed by atoms with Gasteiger partial charge in [0, 0.05) is 22.6 Å². The molecule has 1 heterocycles. The zero-order valence-electron chi connectivity index (χ0n) is 12.0. The highest BCUT2D eigenvalue weighted by Crippen LogP contribution is 2.44. The molecule has 21 heavy (non-hydrogen) atoms. The minimum atomic E-state index is -0.844. The average molecular weight is 280 g/mol. The predicted molar refractivity (Wildman–Crippen MR) is 80.1 cm³/mol. The summed E-state index contributed by atoms with van der Waals surface area (Å²) in [7, 11) is 0. The van der Waals surface area contributed by atoms with E-state index in [0.717, 1.165) is 16.3 Å². The van der Waals surface area contributed by atoms with E-state index in [0.29, 0.717) is 29.1 Å². The Morgan fingerprint density at radius 2 is 2.00 bits per heavy atom. The number of fused-ring (bicyclic) bond motifs is 3. The Kier molecular flexibility index (Phi) is 2.51. The lowest BCUT2D eigenvalue weighted by Crippen LogP contribution is -2.21. The summed E-state index contributed by atoms with van der Waals surface area (Å²) in [6, 6.07) is 9.76. The summed E-state index contributed by atoms with van der Waals surface area (Å²) in [6.07, 6.45) is -0.844. The lowest BCUT2D eigenvalue weighted by atomic mass is 9.81. The zero-order chi connectivity index (χ0) is 14.7. The lowest BCUT2D eigenvalue weighted by molar-refractivity contribution is 0.0963. The van der Waals surface area contributed by atoms with E-state index < -0.39 is 6.10 Å². The van der Waals surface area contributed by atoms with Crippen LogP contribution in [-0.2, 0) is 4.74 Å². The second kappa shape index (κ2) is 4.18. The van der Waals surface area contributed by atoms with Gasteiger partial charge in [-0.1, -0.05) is 37.3 Å². The molecule has 2 aromatic rings. The maximum atomic E-state index is 12.7. The highest BCUT2D eigenvalue weighted by Gasteiger charge is 2.40. The number of hydrogen-bond acceptors (Lipinski definition) is 3. The Balaban J connectivity index is 2.06. The standard InChI is InChI=1S/C18H16O3/c1-9-4-3-5-12-11(9)6-7-13-15(12)17(20)18-14(16(13)19)10(2)8-21-18/h3-7,10,17,20H,8H2,1-2H3. The van der Waals surface area contributed by atoms with Crippen LogP contribution in [0.3, 0.4) is 0 Å². The second-order valence-corrected chi connectivity index (χ2v) is 5.92. The smallest absolute Gasteiger partial charge is 0.193 e. The van der Waals surface area contributed by atoms with Crippen molar-refractivity contribution in [2.75, 3.05) is 6.61 Å². The molecule has 1 N–H and O–H groups in total. The van der Waals surface area contributed by atoms with E-state index >= 15 is 0 Å². The Morgan fingerprint density at radius 3 is 2.81 bits per heavy atom. The number of aryl methyl sites for hydroxylation is 1. The van der Waals surface area contributed by atoms with Gasteiger partial charge in [0.2, 0.25) is 0 Å². The van der Waals surface area contributed by atoms with Crippen molar-refractivity contribution in [1.29, 1.82) is 0 Å². The van der Waals surface area contributed by atoms with Crippen molar-refractivity contribution in [2.24, 2.45) is 5.92 Å². The fraction of sp³-hybridized carbons (Fsp3) is 0.278. The molecule has 0 spiro atoms. The van der Waals surface area contributed by atoms with Crippen molar-refractivity contribution < 1.29 is 14.6 Å². The van der Waals surface area contributed by atoms with E-state index in [9.17, 15) is 9.90 Å². The predicted octanol–water partition coefficient (Wildman–Crippen LogP) is 3.30. The first kappa shape index (κ1) is 12.6. The zero-order valence-corrected chi connectivity index (χ0v) is 12.0. The molecule has 4 rings (SSSR count). The first-order valence-electron chi connectivity index (χ1n) is 7.21. The minimum Gasteiger partial charge on any atom is -0.494 e. The molecule has 0 bridgehead atoms. The largest absolute Gasteiger partial charge is 0.494 e. The molecule has 0 radical (unpaired) electrons. The summed E-state index contributed by atoms with van der Waals surface area (Å²) in [5.74, 6) is 0.496. The molecule has 1 aliphatic heterocycles. The Labute approximate surface area is 122 Å². The summed E-state index contributed by atoms with van der Waals surface area (Å²) in [5.41, 5.74) is 3.07. The van der Waals surface area contributed by atoms with Crippen molar-refractivity contribution in [3.63, 3.8) is 0 Å². The average Bonchev–Trinajstić information content (AvgIpc) is 2.86. The highest BCUT2D eigenvalue weighted by atomic mass is 16.5. The van der Waals surface area contributed by atoms with E-state index in [-0.39, 0.29) is 11.7 Å². The van der Waals surface area contributed by atoms with Crippen LogP contribution in [0.25, 0.3) is 10.8 Å². The fourth-order valence-corrected chi connectivity index (χ4v) is 3.49. The van der Waals surface area contributed by atoms with Crippen LogP contribution in [0.15, 0.2) is 41.7 Å². The summed E-state index contributed by atoms with van der Waals surface area (Å²) in [5, 5.41) is 12.7. The van der Waals surface area contributed by atoms with E-state index in [1.54, 1.807) is 0 Å². The fourth-order valence-electron chi connectivity index (χ4n) is 3.49. The molecular formula is C18H16O3. The van der Waals surface area contributed by atoms with Crippen LogP contribution < -0.4 is 0 Å². The normalized spacial score (nSPS) is 24.0. The molecule has 0 saturated heterocycles. The number of carbonyl (C=O) groups is 1. The van der Waals surface area contributed by atoms with E-state index in [1.807, 2.05) is 44.2 Å². The first-order chi connectivity index (χ1) is 10.1. The maximum Gasteiger partial charge on any atom is 0.193 e. The third-order valence-electron chi connectivity index (χ3n) is 4.58. The molecule has 2 unspecified atom stereocenters. The van der Waals surface area contributed by atoms with Crippen LogP contribution in [0.4, 0.5) is 0 Å². The van der Waals surface area contributed by atoms with Crippen LogP contribution in [0.1, 0.15) is 34.5 Å². The molecule has 0 aromatic heterocycles. The first-order valence-corrected chi connectivity index (χ1v) is 7.21. The number of aliphatic hydroxyl groups is 1. The number of rotatable bonds is 0. The Morgan fingerprint density at radius 1 is 1.19 bits per heavy atom. The molecule has 106 valence electrons. The summed E-state index contributed by atoms with van der Waals surface area (Å²) >= 11 is 0. The van der Waals surface area contributed by atoms with Crippen molar-refractivity contribution >= 4 is 16.6 Å². The number of hydrogen-bond donors (Lipinski definition) is 1. The van der Waals surface area contributed by atoms with Gasteiger partial charge in [-0.05, 0) is 23.3 Å². The second-order valence-electron chi connectivity index (χ2n) is 5.92. The van der Waals surface area contributed by atoms with Crippen LogP contribution >= 0.6 is 0 Å². The number of benzene rings is 2. The van der Waals surface area contributed by atoms with Gasteiger partial charge in [-0.3, -0.25) is 4.79 Å². The van der Waals surface area contributed by atoms with Gasteiger partial charge in [0.15, 0.2) is 5.78 Å². The Bertz CT molecular complexity index is 817. The third-order valence-corrected chi connectivity index (χ3v) is 4.58. The minimum absolute atomic E-state index is 0.00120. The lowest BCUT2D eigenvalue weighted by Gasteiger charge is -2.24. The number of ketones is 1. The topological polar surface area (TPSA) is 46.5 Å². The monoisotopic (exact) mass is 280 g/mol. The van der Waals surface area contributed by atoms with E-state index in [1.165, 1.54) is 0 Å². The summed E-state index contributed by atoms with van der Waals surface area (Å²) < 4.78 is 5.60. The van der Waals surface area contributed by atoms with E-state index in [2.05, 4.69) is 0 Å². The molecule has 0 amide bonds. The molecule has 0 saturated carbocycles. The Hall–Kier alpha value is -2.13. The van der Waals surface area contributed by atoms with Gasteiger partial charge in [-0.25, -0.2) is 0 Å². The molecule has 2 aromatic carbocycles. The molecule has 0 fully saturated rings. The van der Waals surface area contributed by atoms with E-state index in [4.69, 9.17) is 4.74 Å². The SMILES string of the molecule is Cc1cccc2c3c(ccc12)C(=O)C1=C(OCC1C)C3O. The van der Waals surface area contributed by atoms with Crippen molar-refractivity contribution in [3.05, 3.63) is 58.4 Å². The van der Waals surface area contributed by atoms with Crippen LogP contribution in [-0.4, -0.2) is 17.5 Å². The number of aliphatic hydroxyl groups excluding tert-OH is 1. The highest BCUT2D eigenvalue weighted by molar-refractivity contribution is 6.14. The quantitative estimate of drug-likeness (QED) is 0.805. The van der Waals surface area contributed by atoms with Crippen molar-refractivity contribution in [1.82, 2.24) is 0 Å². The summed E-state index contributed by atoms with van der Waals surface area (Å²) in [4.78, 5) is 12.7. The van der Waals surface area contributed by atoms with Crippen LogP contribution in [0.5, 0.6) is 0 Å². The van der Waals surface area contributed by atoms with Gasteiger partial charge >= 0.3 is 0 Å².